The zero-order valence-electron chi connectivity index (χ0n) is 41.0. The summed E-state index contributed by atoms with van der Waals surface area (Å²) in [6.07, 6.45) is 10.9. The van der Waals surface area contributed by atoms with Gasteiger partial charge in [0.2, 0.25) is 0 Å². The molecule has 0 saturated carbocycles. The van der Waals surface area contributed by atoms with Crippen molar-refractivity contribution in [1.82, 2.24) is 9.55 Å². The molecule has 9 aromatic carbocycles. The van der Waals surface area contributed by atoms with Crippen LogP contribution in [0.15, 0.2) is 225 Å². The third kappa shape index (κ3) is 10.2. The van der Waals surface area contributed by atoms with E-state index in [0.29, 0.717) is 0 Å². The molecule has 1 aromatic heterocycles. The van der Waals surface area contributed by atoms with E-state index in [4.69, 9.17) is 18.0 Å². The Bertz CT molecular complexity index is 3480. The van der Waals surface area contributed by atoms with E-state index in [-0.39, 0.29) is 44.8 Å². The summed E-state index contributed by atoms with van der Waals surface area (Å²) in [7, 11) is -3.50. The molecule has 0 radical (unpaired) electrons. The number of aryl methyl sites for hydroxylation is 1. The molecule has 0 spiro atoms. The number of aromatic nitrogens is 2. The molecule has 12 rings (SSSR count). The van der Waals surface area contributed by atoms with E-state index in [0.717, 1.165) is 16.6 Å². The zero-order valence-corrected chi connectivity index (χ0v) is 49.3. The van der Waals surface area contributed by atoms with E-state index in [1.807, 2.05) is 12.4 Å². The molecular weight excluding hydrogens is 1310 g/mol. The third-order valence-electron chi connectivity index (χ3n) is 14.2. The molecule has 3 heterocycles. The standard InChI is InChI=1S/C32H26N2P2.C16H15Si.C16H13Si.2Au/c1-34-24-33-29-22-31(35(25-14-6-2-7-15-25)26-16-8-3-9-17-26)32(23-30(29)34)36(27-18-10-4-11-19-27)28-20-12-5-13-21-28;2*1-4-12-9-10-14-13-7-5-6-8-15(13)17(2,3)16(14)11-12;;/h2-24H,1H3;1,4-11H,2-3H3;5-11H,2-3H3;;/q;2*-1;2*+1/p+2. The minimum atomic E-state index is -1.55. The monoisotopic (exact) mass is 1360 g/mol. The van der Waals surface area contributed by atoms with Crippen molar-refractivity contribution in [3.05, 3.63) is 249 Å². The first kappa shape index (κ1) is 52.8. The first-order valence-corrected chi connectivity index (χ1v) is 33.0. The van der Waals surface area contributed by atoms with Crippen LogP contribution in [-0.2, 0) is 51.8 Å². The molecule has 0 aliphatic carbocycles. The van der Waals surface area contributed by atoms with Crippen LogP contribution < -0.4 is 52.6 Å². The molecule has 2 nitrogen and oxygen atoms in total. The normalized spacial score (nSPS) is 12.8. The van der Waals surface area contributed by atoms with Crippen molar-refractivity contribution in [1.29, 1.82) is 0 Å². The van der Waals surface area contributed by atoms with Gasteiger partial charge < -0.3 is 11.0 Å². The van der Waals surface area contributed by atoms with E-state index in [1.54, 1.807) is 11.3 Å². The smallest absolute Gasteiger partial charge is 0.366 e. The van der Waals surface area contributed by atoms with Gasteiger partial charge in [-0.15, -0.1) is 29.8 Å². The number of imidazole rings is 1. The van der Waals surface area contributed by atoms with Crippen LogP contribution in [0.25, 0.3) is 39.4 Å². The summed E-state index contributed by atoms with van der Waals surface area (Å²) < 4.78 is 2.15. The van der Waals surface area contributed by atoms with Crippen molar-refractivity contribution in [2.24, 2.45) is 7.05 Å². The van der Waals surface area contributed by atoms with Crippen molar-refractivity contribution in [2.75, 3.05) is 0 Å². The number of fused-ring (bicyclic) bond motifs is 7. The third-order valence-corrected chi connectivity index (χ3v) is 27.1. The molecular formula is C64H56Au2N2P2Si2+2. The zero-order chi connectivity index (χ0) is 48.4. The number of benzene rings is 9. The molecule has 0 unspecified atom stereocenters. The Morgan fingerprint density at radius 2 is 0.861 bits per heavy atom. The quantitative estimate of drug-likeness (QED) is 0.0673. The summed E-state index contributed by atoms with van der Waals surface area (Å²) in [6, 6.07) is 79.4. The van der Waals surface area contributed by atoms with E-state index in [2.05, 4.69) is 256 Å². The van der Waals surface area contributed by atoms with E-state index < -0.39 is 32.0 Å². The van der Waals surface area contributed by atoms with Gasteiger partial charge in [-0.1, -0.05) is 170 Å². The predicted molar refractivity (Wildman–Crippen MR) is 313 cm³/mol. The second-order valence-corrected chi connectivity index (χ2v) is 32.7. The summed E-state index contributed by atoms with van der Waals surface area (Å²) in [5.41, 5.74) is 9.82. The van der Waals surface area contributed by atoms with Crippen molar-refractivity contribution < 1.29 is 44.8 Å². The van der Waals surface area contributed by atoms with Crippen molar-refractivity contribution in [2.45, 2.75) is 26.2 Å². The molecule has 360 valence electrons. The van der Waals surface area contributed by atoms with Crippen LogP contribution in [0, 0.1) is 18.9 Å². The van der Waals surface area contributed by atoms with Crippen LogP contribution in [0.5, 0.6) is 0 Å². The molecule has 2 aliphatic rings. The van der Waals surface area contributed by atoms with Gasteiger partial charge in [0.05, 0.1) is 17.4 Å². The predicted octanol–water partition coefficient (Wildman–Crippen LogP) is 9.91. The van der Waals surface area contributed by atoms with Crippen molar-refractivity contribution in [3.8, 4) is 28.2 Å². The van der Waals surface area contributed by atoms with Crippen molar-refractivity contribution in [3.63, 3.8) is 0 Å². The Morgan fingerprint density at radius 3 is 1.31 bits per heavy atom. The minimum Gasteiger partial charge on any atom is -0.366 e. The summed E-state index contributed by atoms with van der Waals surface area (Å²) in [6.45, 7) is 15.2. The maximum Gasteiger partial charge on any atom is 1.00 e. The molecule has 0 saturated heterocycles. The van der Waals surface area contributed by atoms with Gasteiger partial charge in [-0.25, -0.2) is 11.1 Å². The van der Waals surface area contributed by atoms with Crippen LogP contribution in [0.3, 0.4) is 0 Å². The summed E-state index contributed by atoms with van der Waals surface area (Å²) in [5.74, 6) is 2.49. The molecule has 0 amide bonds. The van der Waals surface area contributed by atoms with Gasteiger partial charge >= 0.3 is 44.8 Å². The maximum atomic E-state index is 7.26. The van der Waals surface area contributed by atoms with Crippen LogP contribution >= 0.6 is 15.8 Å². The Labute approximate surface area is 462 Å². The maximum absolute atomic E-state index is 7.26. The molecule has 0 N–H and O–H groups in total. The van der Waals surface area contributed by atoms with Gasteiger partial charge in [0.1, 0.15) is 63.8 Å². The second kappa shape index (κ2) is 22.7. The Morgan fingerprint density at radius 1 is 0.472 bits per heavy atom. The van der Waals surface area contributed by atoms with Crippen LogP contribution in [0.1, 0.15) is 11.1 Å². The van der Waals surface area contributed by atoms with E-state index in [1.165, 1.54) is 75.2 Å². The van der Waals surface area contributed by atoms with Gasteiger partial charge in [0.25, 0.3) is 0 Å². The van der Waals surface area contributed by atoms with Gasteiger partial charge in [-0.05, 0) is 81.2 Å². The fraction of sp³-hybridized carbons (Fsp3) is 0.0781. The number of hydrogen-bond acceptors (Lipinski definition) is 1. The average molecular weight is 1370 g/mol. The van der Waals surface area contributed by atoms with Crippen LogP contribution in [0.4, 0.5) is 0 Å². The molecule has 2 aliphatic heterocycles. The Kier molecular flexibility index (Phi) is 16.7. The largest absolute Gasteiger partial charge is 1.00 e. The number of hydrogen-bond donors (Lipinski definition) is 0. The topological polar surface area (TPSA) is 17.8 Å². The van der Waals surface area contributed by atoms with Crippen LogP contribution in [0.2, 0.25) is 26.2 Å². The SMILES string of the molecule is Cn1cnc2cc([PH+](c3ccccc3)c3ccccc3)c([PH+](c3ccccc3)c3ccccc3)cc21.[Au+].[Au+].[C-]#Cc1ccc2c(c1)[Si](C)(C)c1ccccc1-2.[CH-]=Cc1ccc2c(c1)[Si](C)(C)c1ccccc1-2. The fourth-order valence-electron chi connectivity index (χ4n) is 10.6. The Hall–Kier alpha value is -5.48. The van der Waals surface area contributed by atoms with Gasteiger partial charge in [0, 0.05) is 19.2 Å². The first-order chi connectivity index (χ1) is 34.1. The second-order valence-electron chi connectivity index (χ2n) is 19.2. The summed E-state index contributed by atoms with van der Waals surface area (Å²) in [5, 5.41) is 14.5. The molecule has 0 atom stereocenters. The summed E-state index contributed by atoms with van der Waals surface area (Å²) in [4.78, 5) is 4.79. The van der Waals surface area contributed by atoms with E-state index in [9.17, 15) is 0 Å². The molecule has 0 bridgehead atoms. The van der Waals surface area contributed by atoms with Gasteiger partial charge in [-0.2, -0.15) is 5.56 Å². The molecule has 72 heavy (non-hydrogen) atoms. The summed E-state index contributed by atoms with van der Waals surface area (Å²) >= 11 is 0. The van der Waals surface area contributed by atoms with Gasteiger partial charge in [-0.3, -0.25) is 12.5 Å². The molecule has 8 heteroatoms. The molecule has 10 aromatic rings. The minimum absolute atomic E-state index is 0. The fourth-order valence-corrected chi connectivity index (χ4v) is 22.8. The van der Waals surface area contributed by atoms with Crippen molar-refractivity contribution >= 4 is 102 Å². The molecule has 0 fully saturated rings. The number of rotatable bonds is 7. The Balaban J connectivity index is 0.000000161. The first-order valence-electron chi connectivity index (χ1n) is 24.0. The number of nitrogens with zero attached hydrogens (tertiary/aromatic N) is 2. The average Bonchev–Trinajstić information content (AvgIpc) is 3.97. The van der Waals surface area contributed by atoms with Gasteiger partial charge in [0.15, 0.2) is 0 Å². The van der Waals surface area contributed by atoms with E-state index >= 15 is 0 Å². The van der Waals surface area contributed by atoms with Crippen LogP contribution in [-0.4, -0.2) is 25.7 Å².